The molecule has 1 fully saturated rings. The summed E-state index contributed by atoms with van der Waals surface area (Å²) in [6.07, 6.45) is 0.817. The van der Waals surface area contributed by atoms with Crippen molar-refractivity contribution in [1.82, 2.24) is 4.90 Å². The predicted molar refractivity (Wildman–Crippen MR) is 90.3 cm³/mol. The molecule has 0 spiro atoms. The number of amides is 1. The van der Waals surface area contributed by atoms with Crippen LogP contribution < -0.4 is 4.90 Å². The zero-order valence-corrected chi connectivity index (χ0v) is 13.3. The fourth-order valence-corrected chi connectivity index (χ4v) is 2.95. The van der Waals surface area contributed by atoms with Crippen LogP contribution in [0.4, 0.5) is 10.1 Å². The Morgan fingerprint density at radius 3 is 2.39 bits per heavy atom. The van der Waals surface area contributed by atoms with Crippen LogP contribution >= 0.6 is 0 Å². The largest absolute Gasteiger partial charge is 0.368 e. The second-order valence-electron chi connectivity index (χ2n) is 5.82. The number of anilines is 1. The van der Waals surface area contributed by atoms with Crippen molar-refractivity contribution in [2.45, 2.75) is 13.3 Å². The van der Waals surface area contributed by atoms with Crippen molar-refractivity contribution in [3.63, 3.8) is 0 Å². The van der Waals surface area contributed by atoms with Crippen LogP contribution in [0.15, 0.2) is 48.5 Å². The van der Waals surface area contributed by atoms with E-state index < -0.39 is 0 Å². The highest BCUT2D eigenvalue weighted by Crippen LogP contribution is 2.21. The zero-order valence-electron chi connectivity index (χ0n) is 13.3. The van der Waals surface area contributed by atoms with Gasteiger partial charge in [-0.3, -0.25) is 4.79 Å². The third kappa shape index (κ3) is 3.52. The lowest BCUT2D eigenvalue weighted by atomic mass is 10.1. The molecule has 1 saturated heterocycles. The summed E-state index contributed by atoms with van der Waals surface area (Å²) < 4.78 is 13.7. The van der Waals surface area contributed by atoms with E-state index >= 15 is 0 Å². The Kier molecular flexibility index (Phi) is 4.60. The first kappa shape index (κ1) is 15.5. The molecule has 0 N–H and O–H groups in total. The van der Waals surface area contributed by atoms with Crippen molar-refractivity contribution < 1.29 is 9.18 Å². The number of halogens is 1. The van der Waals surface area contributed by atoms with Gasteiger partial charge in [0.2, 0.25) is 0 Å². The number of carbonyl (C=O) groups is 1. The summed E-state index contributed by atoms with van der Waals surface area (Å²) in [6.45, 7) is 4.79. The Morgan fingerprint density at radius 2 is 1.74 bits per heavy atom. The van der Waals surface area contributed by atoms with Gasteiger partial charge in [0.15, 0.2) is 0 Å². The zero-order chi connectivity index (χ0) is 16.2. The van der Waals surface area contributed by atoms with Gasteiger partial charge in [0.1, 0.15) is 5.82 Å². The summed E-state index contributed by atoms with van der Waals surface area (Å²) in [4.78, 5) is 16.5. The Bertz CT molecular complexity index is 679. The summed E-state index contributed by atoms with van der Waals surface area (Å²) in [6, 6.07) is 14.5. The quantitative estimate of drug-likeness (QED) is 0.868. The van der Waals surface area contributed by atoms with Gasteiger partial charge in [-0.2, -0.15) is 0 Å². The van der Waals surface area contributed by atoms with Crippen LogP contribution in [-0.2, 0) is 6.42 Å². The molecule has 1 amide bonds. The summed E-state index contributed by atoms with van der Waals surface area (Å²) in [5.41, 5.74) is 2.64. The van der Waals surface area contributed by atoms with E-state index in [9.17, 15) is 9.18 Å². The van der Waals surface area contributed by atoms with E-state index in [4.69, 9.17) is 0 Å². The summed E-state index contributed by atoms with van der Waals surface area (Å²) >= 11 is 0. The van der Waals surface area contributed by atoms with E-state index in [1.807, 2.05) is 48.2 Å². The number of aryl methyl sites for hydroxylation is 1. The van der Waals surface area contributed by atoms with Crippen LogP contribution in [-0.4, -0.2) is 37.0 Å². The maximum Gasteiger partial charge on any atom is 0.253 e. The summed E-state index contributed by atoms with van der Waals surface area (Å²) in [5.74, 6) is -0.124. The number of rotatable bonds is 3. The molecular weight excluding hydrogens is 291 g/mol. The first-order valence-corrected chi connectivity index (χ1v) is 8.06. The Hall–Kier alpha value is -2.36. The van der Waals surface area contributed by atoms with Gasteiger partial charge in [-0.25, -0.2) is 4.39 Å². The lowest BCUT2D eigenvalue weighted by Gasteiger charge is -2.36. The van der Waals surface area contributed by atoms with Crippen molar-refractivity contribution in [3.8, 4) is 0 Å². The van der Waals surface area contributed by atoms with E-state index in [-0.39, 0.29) is 11.7 Å². The molecule has 3 nitrogen and oxygen atoms in total. The minimum atomic E-state index is -0.192. The highest BCUT2D eigenvalue weighted by Gasteiger charge is 2.22. The van der Waals surface area contributed by atoms with Crippen LogP contribution in [0.1, 0.15) is 22.8 Å². The molecule has 2 aromatic rings. The fraction of sp³-hybridized carbons (Fsp3) is 0.316. The molecule has 1 heterocycles. The van der Waals surface area contributed by atoms with E-state index in [1.54, 1.807) is 12.1 Å². The number of benzene rings is 2. The molecule has 4 heteroatoms. The SMILES string of the molecule is CCc1cc(F)cc(N2CCN(C(=O)c3ccccc3)CC2)c1. The third-order valence-corrected chi connectivity index (χ3v) is 4.30. The second kappa shape index (κ2) is 6.82. The predicted octanol–water partition coefficient (Wildman–Crippen LogP) is 3.35. The van der Waals surface area contributed by atoms with Crippen LogP contribution in [0.3, 0.4) is 0 Å². The van der Waals surface area contributed by atoms with Gasteiger partial charge in [0, 0.05) is 37.4 Å². The Balaban J connectivity index is 1.67. The average Bonchev–Trinajstić information content (AvgIpc) is 2.61. The molecule has 0 aliphatic carbocycles. The van der Waals surface area contributed by atoms with Crippen molar-refractivity contribution >= 4 is 11.6 Å². The monoisotopic (exact) mass is 312 g/mol. The van der Waals surface area contributed by atoms with Crippen molar-refractivity contribution in [1.29, 1.82) is 0 Å². The normalized spacial score (nSPS) is 14.9. The topological polar surface area (TPSA) is 23.6 Å². The van der Waals surface area contributed by atoms with Gasteiger partial charge < -0.3 is 9.80 Å². The van der Waals surface area contributed by atoms with Gasteiger partial charge >= 0.3 is 0 Å². The van der Waals surface area contributed by atoms with Crippen molar-refractivity contribution in [2.75, 3.05) is 31.1 Å². The molecular formula is C19H21FN2O. The van der Waals surface area contributed by atoms with Crippen LogP contribution in [0.25, 0.3) is 0 Å². The highest BCUT2D eigenvalue weighted by atomic mass is 19.1. The molecule has 120 valence electrons. The second-order valence-corrected chi connectivity index (χ2v) is 5.82. The molecule has 0 bridgehead atoms. The molecule has 1 aliphatic heterocycles. The van der Waals surface area contributed by atoms with Gasteiger partial charge in [-0.05, 0) is 42.3 Å². The third-order valence-electron chi connectivity index (χ3n) is 4.30. The number of nitrogens with zero attached hydrogens (tertiary/aromatic N) is 2. The van der Waals surface area contributed by atoms with Crippen molar-refractivity contribution in [2.24, 2.45) is 0 Å². The molecule has 0 unspecified atom stereocenters. The average molecular weight is 312 g/mol. The number of piperazine rings is 1. The number of hydrogen-bond donors (Lipinski definition) is 0. The van der Waals surface area contributed by atoms with E-state index in [0.29, 0.717) is 13.1 Å². The Labute approximate surface area is 136 Å². The van der Waals surface area contributed by atoms with E-state index in [2.05, 4.69) is 4.90 Å². The first-order chi connectivity index (χ1) is 11.2. The first-order valence-electron chi connectivity index (χ1n) is 8.06. The van der Waals surface area contributed by atoms with Gasteiger partial charge in [0.25, 0.3) is 5.91 Å². The molecule has 1 aliphatic rings. The lowest BCUT2D eigenvalue weighted by Crippen LogP contribution is -2.48. The van der Waals surface area contributed by atoms with Crippen LogP contribution in [0.5, 0.6) is 0 Å². The molecule has 23 heavy (non-hydrogen) atoms. The number of hydrogen-bond acceptors (Lipinski definition) is 2. The molecule has 0 aromatic heterocycles. The summed E-state index contributed by atoms with van der Waals surface area (Å²) in [7, 11) is 0. The van der Waals surface area contributed by atoms with Gasteiger partial charge in [-0.1, -0.05) is 25.1 Å². The van der Waals surface area contributed by atoms with Crippen LogP contribution in [0, 0.1) is 5.82 Å². The smallest absolute Gasteiger partial charge is 0.253 e. The van der Waals surface area contributed by atoms with Gasteiger partial charge in [0.05, 0.1) is 0 Å². The molecule has 2 aromatic carbocycles. The van der Waals surface area contributed by atoms with Crippen LogP contribution in [0.2, 0.25) is 0 Å². The van der Waals surface area contributed by atoms with Gasteiger partial charge in [-0.15, -0.1) is 0 Å². The minimum Gasteiger partial charge on any atom is -0.368 e. The standard InChI is InChI=1S/C19H21FN2O/c1-2-15-12-17(20)14-18(13-15)21-8-10-22(11-9-21)19(23)16-6-4-3-5-7-16/h3-7,12-14H,2,8-11H2,1H3. The molecule has 0 atom stereocenters. The Morgan fingerprint density at radius 1 is 1.04 bits per heavy atom. The lowest BCUT2D eigenvalue weighted by molar-refractivity contribution is 0.0746. The van der Waals surface area contributed by atoms with Crippen molar-refractivity contribution in [3.05, 3.63) is 65.5 Å². The maximum atomic E-state index is 13.7. The molecule has 3 rings (SSSR count). The van der Waals surface area contributed by atoms with E-state index in [0.717, 1.165) is 36.3 Å². The molecule has 0 radical (unpaired) electrons. The fourth-order valence-electron chi connectivity index (χ4n) is 2.95. The highest BCUT2D eigenvalue weighted by molar-refractivity contribution is 5.94. The summed E-state index contributed by atoms with van der Waals surface area (Å²) in [5, 5.41) is 0. The maximum absolute atomic E-state index is 13.7. The molecule has 0 saturated carbocycles. The number of carbonyl (C=O) groups excluding carboxylic acids is 1. The minimum absolute atomic E-state index is 0.0683. The van der Waals surface area contributed by atoms with E-state index in [1.165, 1.54) is 0 Å².